The van der Waals surface area contributed by atoms with Crippen LogP contribution in [0.1, 0.15) is 21.5 Å². The topological polar surface area (TPSA) is 80.6 Å². The second-order valence-electron chi connectivity index (χ2n) is 7.00. The van der Waals surface area contributed by atoms with Crippen LogP contribution in [0.3, 0.4) is 0 Å². The minimum absolute atomic E-state index is 0.156. The largest absolute Gasteiger partial charge is 0.379 e. The summed E-state index contributed by atoms with van der Waals surface area (Å²) in [5, 5.41) is 0. The summed E-state index contributed by atoms with van der Waals surface area (Å²) >= 11 is 0. The molecule has 3 aromatic rings. The number of halogens is 1. The van der Waals surface area contributed by atoms with Crippen LogP contribution in [0, 0.1) is 17.7 Å². The molecule has 0 spiro atoms. The average Bonchev–Trinajstić information content (AvgIpc) is 3.33. The number of nitrogens with zero attached hydrogens (tertiary/aromatic N) is 2. The zero-order chi connectivity index (χ0) is 22.6. The standard InChI is InChI=1S/C23H20FN3O4S/c24-20-10-7-18(8-11-20)6-9-19-4-3-5-21(22(19)26-12-1-2-13-26)23(28)25-32(29,30)27-14-16-31-17-15-27/h1-5,7-8,10-13H,14-17H2,(H,25,28). The van der Waals surface area contributed by atoms with Gasteiger partial charge in [0.15, 0.2) is 0 Å². The zero-order valence-corrected chi connectivity index (χ0v) is 17.8. The first-order chi connectivity index (χ1) is 15.4. The molecule has 0 bridgehead atoms. The van der Waals surface area contributed by atoms with Gasteiger partial charge in [-0.3, -0.25) is 4.79 Å². The smallest absolute Gasteiger partial charge is 0.304 e. The first kappa shape index (κ1) is 21.8. The van der Waals surface area contributed by atoms with Crippen LogP contribution in [0.5, 0.6) is 0 Å². The van der Waals surface area contributed by atoms with Crippen LogP contribution in [0.15, 0.2) is 67.0 Å². The van der Waals surface area contributed by atoms with E-state index >= 15 is 0 Å². The lowest BCUT2D eigenvalue weighted by molar-refractivity contribution is 0.0719. The molecule has 164 valence electrons. The molecule has 1 N–H and O–H groups in total. The van der Waals surface area contributed by atoms with Gasteiger partial charge in [-0.1, -0.05) is 17.9 Å². The zero-order valence-electron chi connectivity index (χ0n) is 17.0. The van der Waals surface area contributed by atoms with Gasteiger partial charge < -0.3 is 9.30 Å². The van der Waals surface area contributed by atoms with Crippen LogP contribution < -0.4 is 4.72 Å². The molecule has 7 nitrogen and oxygen atoms in total. The molecule has 9 heteroatoms. The van der Waals surface area contributed by atoms with Crippen LogP contribution in [0.2, 0.25) is 0 Å². The van der Waals surface area contributed by atoms with E-state index < -0.39 is 16.1 Å². The third-order valence-electron chi connectivity index (χ3n) is 4.86. The number of rotatable bonds is 4. The van der Waals surface area contributed by atoms with Gasteiger partial charge in [-0.25, -0.2) is 9.11 Å². The Kier molecular flexibility index (Phi) is 6.37. The number of morpholine rings is 1. The minimum atomic E-state index is -4.02. The molecule has 1 aliphatic rings. The highest BCUT2D eigenvalue weighted by Gasteiger charge is 2.28. The van der Waals surface area contributed by atoms with E-state index in [4.69, 9.17) is 4.74 Å². The van der Waals surface area contributed by atoms with Crippen LogP contribution in [-0.2, 0) is 14.9 Å². The quantitative estimate of drug-likeness (QED) is 0.615. The molecule has 1 aliphatic heterocycles. The van der Waals surface area contributed by atoms with E-state index in [0.717, 1.165) is 0 Å². The molecule has 1 aromatic heterocycles. The fourth-order valence-corrected chi connectivity index (χ4v) is 4.39. The third kappa shape index (κ3) is 4.89. The Balaban J connectivity index is 1.70. The summed E-state index contributed by atoms with van der Waals surface area (Å²) in [7, 11) is -4.02. The Hall–Kier alpha value is -3.45. The van der Waals surface area contributed by atoms with Crippen molar-refractivity contribution in [1.82, 2.24) is 13.6 Å². The van der Waals surface area contributed by atoms with Gasteiger partial charge in [0.1, 0.15) is 5.82 Å². The van der Waals surface area contributed by atoms with Gasteiger partial charge in [-0.2, -0.15) is 12.7 Å². The summed E-state index contributed by atoms with van der Waals surface area (Å²) in [5.74, 6) is 4.85. The number of hydrogen-bond acceptors (Lipinski definition) is 4. The maximum absolute atomic E-state index is 13.2. The monoisotopic (exact) mass is 453 g/mol. The van der Waals surface area contributed by atoms with Gasteiger partial charge in [0.2, 0.25) is 0 Å². The van der Waals surface area contributed by atoms with Crippen molar-refractivity contribution in [1.29, 1.82) is 0 Å². The number of amides is 1. The van der Waals surface area contributed by atoms with Crippen molar-refractivity contribution < 1.29 is 22.3 Å². The summed E-state index contributed by atoms with van der Waals surface area (Å²) in [4.78, 5) is 13.0. The molecule has 0 saturated carbocycles. The summed E-state index contributed by atoms with van der Waals surface area (Å²) in [6, 6.07) is 14.2. The van der Waals surface area contributed by atoms with Crippen molar-refractivity contribution in [2.45, 2.75) is 0 Å². The lowest BCUT2D eigenvalue weighted by Crippen LogP contribution is -2.48. The van der Waals surface area contributed by atoms with Crippen molar-refractivity contribution in [3.63, 3.8) is 0 Å². The fraction of sp³-hybridized carbons (Fsp3) is 0.174. The number of carbonyl (C=O) groups is 1. The number of para-hydroxylation sites is 1. The van der Waals surface area contributed by atoms with Gasteiger partial charge in [-0.05, 0) is 48.5 Å². The number of benzene rings is 2. The van der Waals surface area contributed by atoms with E-state index in [9.17, 15) is 17.6 Å². The maximum Gasteiger partial charge on any atom is 0.304 e. The molecule has 4 rings (SSSR count). The maximum atomic E-state index is 13.2. The number of aromatic nitrogens is 1. The molecule has 0 unspecified atom stereocenters. The highest BCUT2D eigenvalue weighted by atomic mass is 32.2. The molecule has 32 heavy (non-hydrogen) atoms. The number of hydrogen-bond donors (Lipinski definition) is 1. The molecular weight excluding hydrogens is 433 g/mol. The normalized spacial score (nSPS) is 14.4. The summed E-state index contributed by atoms with van der Waals surface area (Å²) in [6.45, 7) is 0.906. The van der Waals surface area contributed by atoms with Crippen molar-refractivity contribution in [2.24, 2.45) is 0 Å². The first-order valence-electron chi connectivity index (χ1n) is 9.88. The lowest BCUT2D eigenvalue weighted by atomic mass is 10.1. The summed E-state index contributed by atoms with van der Waals surface area (Å²) < 4.78 is 48.7. The molecule has 1 amide bonds. The molecule has 1 fully saturated rings. The molecule has 1 saturated heterocycles. The molecule has 0 aliphatic carbocycles. The Labute approximate surface area is 185 Å². The first-order valence-corrected chi connectivity index (χ1v) is 11.3. The summed E-state index contributed by atoms with van der Waals surface area (Å²) in [5.41, 5.74) is 1.72. The fourth-order valence-electron chi connectivity index (χ4n) is 3.29. The molecule has 2 heterocycles. The second-order valence-corrected chi connectivity index (χ2v) is 8.67. The van der Waals surface area contributed by atoms with E-state index in [2.05, 4.69) is 16.6 Å². The lowest BCUT2D eigenvalue weighted by Gasteiger charge is -2.26. The van der Waals surface area contributed by atoms with Crippen molar-refractivity contribution >= 4 is 16.1 Å². The van der Waals surface area contributed by atoms with E-state index in [1.54, 1.807) is 59.4 Å². The average molecular weight is 453 g/mol. The minimum Gasteiger partial charge on any atom is -0.379 e. The predicted molar refractivity (Wildman–Crippen MR) is 117 cm³/mol. The van der Waals surface area contributed by atoms with Gasteiger partial charge >= 0.3 is 10.2 Å². The van der Waals surface area contributed by atoms with Crippen LogP contribution in [-0.4, -0.2) is 49.5 Å². The Morgan fingerprint density at radius 2 is 1.66 bits per heavy atom. The SMILES string of the molecule is O=C(NS(=O)(=O)N1CCOCC1)c1cccc(C#Cc2ccc(F)cc2)c1-n1cccc1. The van der Waals surface area contributed by atoms with E-state index in [0.29, 0.717) is 16.8 Å². The van der Waals surface area contributed by atoms with Crippen LogP contribution in [0.4, 0.5) is 4.39 Å². The Morgan fingerprint density at radius 1 is 0.969 bits per heavy atom. The van der Waals surface area contributed by atoms with Crippen LogP contribution >= 0.6 is 0 Å². The number of nitrogens with one attached hydrogen (secondary N) is 1. The van der Waals surface area contributed by atoms with Gasteiger partial charge in [0.05, 0.1) is 24.5 Å². The molecule has 2 aromatic carbocycles. The summed E-state index contributed by atoms with van der Waals surface area (Å²) in [6.07, 6.45) is 3.48. The van der Waals surface area contributed by atoms with Crippen molar-refractivity contribution in [3.8, 4) is 17.5 Å². The Morgan fingerprint density at radius 3 is 2.34 bits per heavy atom. The van der Waals surface area contributed by atoms with Crippen molar-refractivity contribution in [2.75, 3.05) is 26.3 Å². The third-order valence-corrected chi connectivity index (χ3v) is 6.35. The van der Waals surface area contributed by atoms with Crippen molar-refractivity contribution in [3.05, 3.63) is 89.5 Å². The second kappa shape index (κ2) is 9.36. The van der Waals surface area contributed by atoms with E-state index in [1.807, 2.05) is 0 Å². The van der Waals surface area contributed by atoms with Gasteiger partial charge in [0, 0.05) is 36.6 Å². The van der Waals surface area contributed by atoms with Gasteiger partial charge in [0.25, 0.3) is 5.91 Å². The van der Waals surface area contributed by atoms with Gasteiger partial charge in [-0.15, -0.1) is 0 Å². The molecule has 0 atom stereocenters. The van der Waals surface area contributed by atoms with Crippen LogP contribution in [0.25, 0.3) is 5.69 Å². The Bertz CT molecular complexity index is 1270. The predicted octanol–water partition coefficient (Wildman–Crippen LogP) is 2.32. The number of carbonyl (C=O) groups excluding carboxylic acids is 1. The number of ether oxygens (including phenoxy) is 1. The highest BCUT2D eigenvalue weighted by molar-refractivity contribution is 7.87. The molecule has 0 radical (unpaired) electrons. The van der Waals surface area contributed by atoms with E-state index in [-0.39, 0.29) is 37.7 Å². The highest BCUT2D eigenvalue weighted by Crippen LogP contribution is 2.21. The van der Waals surface area contributed by atoms with E-state index in [1.165, 1.54) is 16.4 Å². The molecular formula is C23H20FN3O4S.